The maximum atomic E-state index is 5.90. The zero-order valence-corrected chi connectivity index (χ0v) is 14.3. The predicted octanol–water partition coefficient (Wildman–Crippen LogP) is 2.30. The van der Waals surface area contributed by atoms with E-state index in [9.17, 15) is 0 Å². The van der Waals surface area contributed by atoms with Gasteiger partial charge in [-0.25, -0.2) is 0 Å². The summed E-state index contributed by atoms with van der Waals surface area (Å²) >= 11 is 2.40. The van der Waals surface area contributed by atoms with Crippen LogP contribution in [-0.2, 0) is 4.74 Å². The van der Waals surface area contributed by atoms with E-state index in [0.717, 1.165) is 30.9 Å². The standard InChI is InChI=1S/C14H27IN2O/c1-10(2)11-5-6-16(3)7-12(11)13-9-18-14(15)8-17(13)4/h10-14H,5-9H2,1-4H3. The van der Waals surface area contributed by atoms with Gasteiger partial charge >= 0.3 is 0 Å². The van der Waals surface area contributed by atoms with Gasteiger partial charge in [0.15, 0.2) is 0 Å². The highest BCUT2D eigenvalue weighted by Gasteiger charge is 2.39. The summed E-state index contributed by atoms with van der Waals surface area (Å²) in [5.74, 6) is 2.40. The number of morpholine rings is 1. The van der Waals surface area contributed by atoms with Crippen LogP contribution in [0.15, 0.2) is 0 Å². The van der Waals surface area contributed by atoms with Crippen molar-refractivity contribution in [2.45, 2.75) is 30.4 Å². The van der Waals surface area contributed by atoms with Crippen LogP contribution in [0.5, 0.6) is 0 Å². The minimum atomic E-state index is 0.364. The van der Waals surface area contributed by atoms with E-state index in [-0.39, 0.29) is 0 Å². The molecule has 0 aromatic rings. The van der Waals surface area contributed by atoms with E-state index >= 15 is 0 Å². The molecular formula is C14H27IN2O. The van der Waals surface area contributed by atoms with Gasteiger partial charge in [-0.2, -0.15) is 0 Å². The van der Waals surface area contributed by atoms with E-state index in [2.05, 4.69) is 60.3 Å². The molecule has 0 N–H and O–H groups in total. The number of halogens is 1. The molecule has 0 aliphatic carbocycles. The lowest BCUT2D eigenvalue weighted by Gasteiger charge is -2.47. The van der Waals surface area contributed by atoms with E-state index in [1.807, 2.05) is 0 Å². The molecule has 0 aromatic carbocycles. The zero-order valence-electron chi connectivity index (χ0n) is 12.1. The summed E-state index contributed by atoms with van der Waals surface area (Å²) in [6.45, 7) is 9.22. The Labute approximate surface area is 125 Å². The van der Waals surface area contributed by atoms with Crippen LogP contribution in [-0.4, -0.2) is 60.3 Å². The van der Waals surface area contributed by atoms with Crippen LogP contribution in [0.1, 0.15) is 20.3 Å². The summed E-state index contributed by atoms with van der Waals surface area (Å²) in [4.78, 5) is 5.02. The van der Waals surface area contributed by atoms with Crippen LogP contribution in [0, 0.1) is 17.8 Å². The van der Waals surface area contributed by atoms with Crippen molar-refractivity contribution in [3.05, 3.63) is 0 Å². The van der Waals surface area contributed by atoms with Crippen molar-refractivity contribution < 1.29 is 4.74 Å². The van der Waals surface area contributed by atoms with Crippen molar-refractivity contribution in [1.29, 1.82) is 0 Å². The van der Waals surface area contributed by atoms with Crippen molar-refractivity contribution in [2.24, 2.45) is 17.8 Å². The van der Waals surface area contributed by atoms with Crippen LogP contribution in [0.3, 0.4) is 0 Å². The molecule has 0 bridgehead atoms. The van der Waals surface area contributed by atoms with E-state index < -0.39 is 0 Å². The third kappa shape index (κ3) is 3.38. The molecule has 4 heteroatoms. The minimum Gasteiger partial charge on any atom is -0.365 e. The van der Waals surface area contributed by atoms with Gasteiger partial charge in [-0.3, -0.25) is 4.90 Å². The number of ether oxygens (including phenoxy) is 1. The summed E-state index contributed by atoms with van der Waals surface area (Å²) in [6, 6.07) is 0.603. The number of nitrogens with zero attached hydrogens (tertiary/aromatic N) is 2. The summed E-state index contributed by atoms with van der Waals surface area (Å²) in [5.41, 5.74) is 0. The second-order valence-electron chi connectivity index (χ2n) is 6.37. The SMILES string of the molecule is CC(C)C1CCN(C)CC1C1COC(I)CN1C. The summed E-state index contributed by atoms with van der Waals surface area (Å²) in [6.07, 6.45) is 1.34. The van der Waals surface area contributed by atoms with Crippen molar-refractivity contribution in [3.8, 4) is 0 Å². The second-order valence-corrected chi connectivity index (χ2v) is 7.76. The Morgan fingerprint density at radius 1 is 1.22 bits per heavy atom. The van der Waals surface area contributed by atoms with Crippen molar-refractivity contribution >= 4 is 22.6 Å². The van der Waals surface area contributed by atoms with Gasteiger partial charge in [0.2, 0.25) is 0 Å². The third-order valence-electron chi connectivity index (χ3n) is 4.71. The molecule has 2 saturated heterocycles. The van der Waals surface area contributed by atoms with Gasteiger partial charge < -0.3 is 9.64 Å². The fourth-order valence-corrected chi connectivity index (χ4v) is 4.43. The molecule has 2 aliphatic heterocycles. The topological polar surface area (TPSA) is 15.7 Å². The van der Waals surface area contributed by atoms with E-state index in [4.69, 9.17) is 4.74 Å². The number of piperidine rings is 1. The van der Waals surface area contributed by atoms with Crippen LogP contribution < -0.4 is 0 Å². The molecule has 2 heterocycles. The molecule has 0 aromatic heterocycles. The van der Waals surface area contributed by atoms with Gasteiger partial charge in [0, 0.05) is 19.1 Å². The highest BCUT2D eigenvalue weighted by molar-refractivity contribution is 14.1. The Hall–Kier alpha value is 0.610. The van der Waals surface area contributed by atoms with Crippen LogP contribution in [0.2, 0.25) is 0 Å². The summed E-state index contributed by atoms with van der Waals surface area (Å²) < 4.78 is 6.27. The fourth-order valence-electron chi connectivity index (χ4n) is 3.60. The number of likely N-dealkylation sites (tertiary alicyclic amines) is 1. The van der Waals surface area contributed by atoms with E-state index in [1.54, 1.807) is 0 Å². The zero-order chi connectivity index (χ0) is 13.3. The number of alkyl halides is 1. The number of hydrogen-bond donors (Lipinski definition) is 0. The molecule has 2 aliphatic rings. The van der Waals surface area contributed by atoms with Gasteiger partial charge in [0.25, 0.3) is 0 Å². The lowest BCUT2D eigenvalue weighted by Crippen LogP contribution is -2.56. The first-order valence-corrected chi connectivity index (χ1v) is 8.38. The molecular weight excluding hydrogens is 339 g/mol. The van der Waals surface area contributed by atoms with Crippen molar-refractivity contribution in [2.75, 3.05) is 40.3 Å². The highest BCUT2D eigenvalue weighted by atomic mass is 127. The van der Waals surface area contributed by atoms with Gasteiger partial charge in [-0.15, -0.1) is 0 Å². The Kier molecular flexibility index (Phi) is 5.31. The first-order chi connectivity index (χ1) is 8.49. The average molecular weight is 366 g/mol. The largest absolute Gasteiger partial charge is 0.365 e. The van der Waals surface area contributed by atoms with Gasteiger partial charge in [0.1, 0.15) is 4.11 Å². The van der Waals surface area contributed by atoms with Gasteiger partial charge in [-0.05, 0) is 67.4 Å². The fraction of sp³-hybridized carbons (Fsp3) is 1.00. The molecule has 4 unspecified atom stereocenters. The smallest absolute Gasteiger partial charge is 0.121 e. The molecule has 106 valence electrons. The predicted molar refractivity (Wildman–Crippen MR) is 84.1 cm³/mol. The van der Waals surface area contributed by atoms with E-state index in [1.165, 1.54) is 19.5 Å². The molecule has 4 atom stereocenters. The van der Waals surface area contributed by atoms with Crippen molar-refractivity contribution in [3.63, 3.8) is 0 Å². The Morgan fingerprint density at radius 3 is 2.56 bits per heavy atom. The van der Waals surface area contributed by atoms with Gasteiger partial charge in [0.05, 0.1) is 6.61 Å². The van der Waals surface area contributed by atoms with Crippen LogP contribution in [0.4, 0.5) is 0 Å². The first kappa shape index (κ1) is 15.0. The summed E-state index contributed by atoms with van der Waals surface area (Å²) in [7, 11) is 4.53. The molecule has 2 fully saturated rings. The van der Waals surface area contributed by atoms with Crippen LogP contribution in [0.25, 0.3) is 0 Å². The average Bonchev–Trinajstić information content (AvgIpc) is 2.28. The number of likely N-dealkylation sites (N-methyl/N-ethyl adjacent to an activating group) is 1. The second kappa shape index (κ2) is 6.37. The maximum Gasteiger partial charge on any atom is 0.121 e. The molecule has 2 rings (SSSR count). The molecule has 3 nitrogen and oxygen atoms in total. The maximum absolute atomic E-state index is 5.90. The molecule has 0 spiro atoms. The van der Waals surface area contributed by atoms with Crippen molar-refractivity contribution in [1.82, 2.24) is 9.80 Å². The molecule has 0 amide bonds. The third-order valence-corrected chi connectivity index (χ3v) is 5.47. The quantitative estimate of drug-likeness (QED) is 0.551. The Bertz CT molecular complexity index is 275. The van der Waals surface area contributed by atoms with E-state index in [0.29, 0.717) is 10.2 Å². The normalized spacial score (nSPS) is 40.3. The lowest BCUT2D eigenvalue weighted by molar-refractivity contribution is -0.0578. The lowest BCUT2D eigenvalue weighted by atomic mass is 9.74. The monoisotopic (exact) mass is 366 g/mol. The first-order valence-electron chi connectivity index (χ1n) is 7.13. The highest BCUT2D eigenvalue weighted by Crippen LogP contribution is 2.35. The number of hydrogen-bond acceptors (Lipinski definition) is 3. The number of rotatable bonds is 2. The summed E-state index contributed by atoms with van der Waals surface area (Å²) in [5, 5.41) is 0. The minimum absolute atomic E-state index is 0.364. The van der Waals surface area contributed by atoms with Crippen LogP contribution >= 0.6 is 22.6 Å². The molecule has 0 saturated carbocycles. The Morgan fingerprint density at radius 2 is 1.94 bits per heavy atom. The molecule has 0 radical (unpaired) electrons. The molecule has 18 heavy (non-hydrogen) atoms. The Balaban J connectivity index is 2.07. The van der Waals surface area contributed by atoms with Gasteiger partial charge in [-0.1, -0.05) is 13.8 Å².